The highest BCUT2D eigenvalue weighted by molar-refractivity contribution is 6.28. The lowest BCUT2D eigenvalue weighted by Gasteiger charge is -2.37. The molecule has 6 nitrogen and oxygen atoms in total. The Bertz CT molecular complexity index is 450. The Hall–Kier alpha value is -1.14. The number of hydrogen-bond acceptors (Lipinski definition) is 6. The minimum atomic E-state index is 0.267. The molecule has 0 saturated carbocycles. The number of halogens is 1. The Morgan fingerprint density at radius 3 is 2.50 bits per heavy atom. The smallest absolute Gasteiger partial charge is 0.231 e. The second-order valence-electron chi connectivity index (χ2n) is 5.15. The summed E-state index contributed by atoms with van der Waals surface area (Å²) in [6.45, 7) is 10.9. The van der Waals surface area contributed by atoms with Crippen molar-refractivity contribution in [1.82, 2.24) is 19.9 Å². The lowest BCUT2D eigenvalue weighted by atomic mass is 10.2. The second kappa shape index (κ2) is 6.54. The standard InChI is InChI=1S/C13H23ClN6/c1-5-19(6-2)12-15-11(14)16-13(17-12)20-8-7-18(4)10(3)9-20/h10H,5-9H2,1-4H3. The summed E-state index contributed by atoms with van der Waals surface area (Å²) in [6, 6.07) is 0.483. The number of likely N-dealkylation sites (N-methyl/N-ethyl adjacent to an activating group) is 1. The number of anilines is 2. The molecule has 1 aromatic heterocycles. The van der Waals surface area contributed by atoms with Crippen molar-refractivity contribution < 1.29 is 0 Å². The van der Waals surface area contributed by atoms with Gasteiger partial charge in [0.15, 0.2) is 0 Å². The van der Waals surface area contributed by atoms with Crippen LogP contribution < -0.4 is 9.80 Å². The fraction of sp³-hybridized carbons (Fsp3) is 0.769. The molecule has 0 spiro atoms. The summed E-state index contributed by atoms with van der Waals surface area (Å²) in [5.74, 6) is 1.35. The van der Waals surface area contributed by atoms with E-state index in [0.29, 0.717) is 17.9 Å². The molecular formula is C13H23ClN6. The van der Waals surface area contributed by atoms with Crippen molar-refractivity contribution in [3.63, 3.8) is 0 Å². The molecule has 2 heterocycles. The van der Waals surface area contributed by atoms with Crippen molar-refractivity contribution in [2.75, 3.05) is 49.6 Å². The second-order valence-corrected chi connectivity index (χ2v) is 5.49. The van der Waals surface area contributed by atoms with E-state index in [-0.39, 0.29) is 5.28 Å². The van der Waals surface area contributed by atoms with Crippen LogP contribution in [0.2, 0.25) is 5.28 Å². The SMILES string of the molecule is CCN(CC)c1nc(Cl)nc(N2CCN(C)C(C)C2)n1. The van der Waals surface area contributed by atoms with E-state index < -0.39 is 0 Å². The molecule has 1 atom stereocenters. The van der Waals surface area contributed by atoms with Gasteiger partial charge >= 0.3 is 0 Å². The van der Waals surface area contributed by atoms with E-state index >= 15 is 0 Å². The zero-order chi connectivity index (χ0) is 14.7. The predicted octanol–water partition coefficient (Wildman–Crippen LogP) is 1.51. The van der Waals surface area contributed by atoms with Crippen LogP contribution in [0.5, 0.6) is 0 Å². The number of rotatable bonds is 4. The van der Waals surface area contributed by atoms with Gasteiger partial charge in [-0.3, -0.25) is 0 Å². The molecule has 1 aliphatic heterocycles. The van der Waals surface area contributed by atoms with Gasteiger partial charge in [-0.05, 0) is 39.4 Å². The average molecular weight is 299 g/mol. The van der Waals surface area contributed by atoms with Crippen LogP contribution in [0.4, 0.5) is 11.9 Å². The first kappa shape index (κ1) is 15.3. The largest absolute Gasteiger partial charge is 0.341 e. The van der Waals surface area contributed by atoms with Gasteiger partial charge in [0.05, 0.1) is 0 Å². The molecule has 20 heavy (non-hydrogen) atoms. The number of nitrogens with zero attached hydrogens (tertiary/aromatic N) is 6. The predicted molar refractivity (Wildman–Crippen MR) is 82.7 cm³/mol. The first-order valence-electron chi connectivity index (χ1n) is 7.16. The Kier molecular flexibility index (Phi) is 4.99. The Morgan fingerprint density at radius 1 is 1.20 bits per heavy atom. The molecule has 7 heteroatoms. The molecule has 0 amide bonds. The van der Waals surface area contributed by atoms with Gasteiger partial charge in [-0.15, -0.1) is 0 Å². The highest BCUT2D eigenvalue weighted by Crippen LogP contribution is 2.19. The van der Waals surface area contributed by atoms with Crippen LogP contribution in [0.3, 0.4) is 0 Å². The van der Waals surface area contributed by atoms with Gasteiger partial charge in [0.1, 0.15) is 0 Å². The van der Waals surface area contributed by atoms with Gasteiger partial charge in [-0.1, -0.05) is 0 Å². The maximum Gasteiger partial charge on any atom is 0.231 e. The van der Waals surface area contributed by atoms with Gasteiger partial charge in [0, 0.05) is 38.8 Å². The van der Waals surface area contributed by atoms with Crippen molar-refractivity contribution in [2.45, 2.75) is 26.8 Å². The first-order valence-corrected chi connectivity index (χ1v) is 7.54. The third-order valence-electron chi connectivity index (χ3n) is 3.87. The lowest BCUT2D eigenvalue weighted by molar-refractivity contribution is 0.232. The van der Waals surface area contributed by atoms with E-state index in [1.54, 1.807) is 0 Å². The van der Waals surface area contributed by atoms with Crippen LogP contribution in [0.1, 0.15) is 20.8 Å². The topological polar surface area (TPSA) is 48.4 Å². The Balaban J connectivity index is 2.23. The molecule has 1 unspecified atom stereocenters. The molecule has 1 aromatic rings. The summed E-state index contributed by atoms with van der Waals surface area (Å²) < 4.78 is 0. The normalized spacial score (nSPS) is 20.2. The van der Waals surface area contributed by atoms with Gasteiger partial charge in [0.25, 0.3) is 0 Å². The molecule has 2 rings (SSSR count). The molecule has 0 aromatic carbocycles. The van der Waals surface area contributed by atoms with Crippen molar-refractivity contribution in [3.05, 3.63) is 5.28 Å². The third kappa shape index (κ3) is 3.30. The molecule has 1 fully saturated rings. The minimum Gasteiger partial charge on any atom is -0.341 e. The number of piperazine rings is 1. The van der Waals surface area contributed by atoms with Crippen molar-refractivity contribution in [2.24, 2.45) is 0 Å². The zero-order valence-electron chi connectivity index (χ0n) is 12.7. The average Bonchev–Trinajstić information content (AvgIpc) is 2.42. The molecule has 1 saturated heterocycles. The highest BCUT2D eigenvalue weighted by Gasteiger charge is 2.23. The van der Waals surface area contributed by atoms with Crippen LogP contribution in [-0.2, 0) is 0 Å². The summed E-state index contributed by atoms with van der Waals surface area (Å²) in [4.78, 5) is 19.7. The van der Waals surface area contributed by atoms with Gasteiger partial charge in [-0.2, -0.15) is 15.0 Å². The van der Waals surface area contributed by atoms with Crippen LogP contribution in [0, 0.1) is 0 Å². The summed E-state index contributed by atoms with van der Waals surface area (Å²) in [6.07, 6.45) is 0. The molecule has 0 bridgehead atoms. The van der Waals surface area contributed by atoms with Gasteiger partial charge in [-0.25, -0.2) is 0 Å². The molecule has 1 aliphatic rings. The summed E-state index contributed by atoms with van der Waals surface area (Å²) >= 11 is 6.07. The van der Waals surface area contributed by atoms with E-state index in [9.17, 15) is 0 Å². The summed E-state index contributed by atoms with van der Waals surface area (Å²) in [5, 5.41) is 0.267. The molecular weight excluding hydrogens is 276 g/mol. The fourth-order valence-electron chi connectivity index (χ4n) is 2.35. The van der Waals surface area contributed by atoms with Gasteiger partial charge < -0.3 is 14.7 Å². The van der Waals surface area contributed by atoms with Gasteiger partial charge in [0.2, 0.25) is 17.2 Å². The quantitative estimate of drug-likeness (QED) is 0.840. The highest BCUT2D eigenvalue weighted by atomic mass is 35.5. The minimum absolute atomic E-state index is 0.267. The lowest BCUT2D eigenvalue weighted by Crippen LogP contribution is -2.50. The molecule has 0 aliphatic carbocycles. The van der Waals surface area contributed by atoms with Crippen molar-refractivity contribution >= 4 is 23.5 Å². The zero-order valence-corrected chi connectivity index (χ0v) is 13.4. The maximum atomic E-state index is 6.07. The molecule has 0 N–H and O–H groups in total. The first-order chi connectivity index (χ1) is 9.55. The van der Waals surface area contributed by atoms with E-state index in [0.717, 1.165) is 32.7 Å². The van der Waals surface area contributed by atoms with Crippen LogP contribution in [0.15, 0.2) is 0 Å². The summed E-state index contributed by atoms with van der Waals surface area (Å²) in [5.41, 5.74) is 0. The van der Waals surface area contributed by atoms with Crippen LogP contribution >= 0.6 is 11.6 Å². The summed E-state index contributed by atoms with van der Waals surface area (Å²) in [7, 11) is 2.14. The number of aromatic nitrogens is 3. The van der Waals surface area contributed by atoms with E-state index in [1.165, 1.54) is 0 Å². The maximum absolute atomic E-state index is 6.07. The molecule has 0 radical (unpaired) electrons. The Labute approximate surface area is 125 Å². The van der Waals surface area contributed by atoms with Crippen molar-refractivity contribution in [3.8, 4) is 0 Å². The van der Waals surface area contributed by atoms with E-state index in [2.05, 4.69) is 57.5 Å². The van der Waals surface area contributed by atoms with E-state index in [1.807, 2.05) is 0 Å². The monoisotopic (exact) mass is 298 g/mol. The van der Waals surface area contributed by atoms with Crippen molar-refractivity contribution in [1.29, 1.82) is 0 Å². The van der Waals surface area contributed by atoms with Crippen LogP contribution in [-0.4, -0.2) is 65.7 Å². The Morgan fingerprint density at radius 2 is 1.90 bits per heavy atom. The third-order valence-corrected chi connectivity index (χ3v) is 4.04. The molecule has 112 valence electrons. The van der Waals surface area contributed by atoms with Crippen LogP contribution in [0.25, 0.3) is 0 Å². The van der Waals surface area contributed by atoms with E-state index in [4.69, 9.17) is 11.6 Å². The fourth-order valence-corrected chi connectivity index (χ4v) is 2.50. The number of hydrogen-bond donors (Lipinski definition) is 0.